The zero-order valence-corrected chi connectivity index (χ0v) is 13.8. The molecule has 0 aliphatic carbocycles. The maximum absolute atomic E-state index is 12.0. The molecule has 1 amide bonds. The van der Waals surface area contributed by atoms with Crippen LogP contribution in [0.15, 0.2) is 18.2 Å². The predicted octanol–water partition coefficient (Wildman–Crippen LogP) is 4.49. The SMILES string of the molecule is Cc1ccc(C(C)C)cc1CN(C)C(=O)OC(C)(C)C. The number of rotatable bonds is 3. The number of hydrogen-bond donors (Lipinski definition) is 0. The molecule has 3 nitrogen and oxygen atoms in total. The number of nitrogens with zero attached hydrogens (tertiary/aromatic N) is 1. The minimum atomic E-state index is -0.458. The lowest BCUT2D eigenvalue weighted by atomic mass is 9.98. The second-order valence-electron chi connectivity index (χ2n) is 6.68. The molecule has 0 aliphatic heterocycles. The summed E-state index contributed by atoms with van der Waals surface area (Å²) in [6.45, 7) is 12.6. The summed E-state index contributed by atoms with van der Waals surface area (Å²) >= 11 is 0. The lowest BCUT2D eigenvalue weighted by molar-refractivity contribution is 0.0285. The van der Waals surface area contributed by atoms with Gasteiger partial charge < -0.3 is 9.64 Å². The van der Waals surface area contributed by atoms with Crippen molar-refractivity contribution in [3.05, 3.63) is 34.9 Å². The second kappa shape index (κ2) is 6.29. The number of carbonyl (C=O) groups excluding carboxylic acids is 1. The van der Waals surface area contributed by atoms with E-state index < -0.39 is 5.60 Å². The Bertz CT molecular complexity index is 472. The van der Waals surface area contributed by atoms with Crippen LogP contribution in [0.2, 0.25) is 0 Å². The summed E-state index contributed by atoms with van der Waals surface area (Å²) < 4.78 is 5.38. The second-order valence-corrected chi connectivity index (χ2v) is 6.68. The Morgan fingerprint density at radius 1 is 1.30 bits per heavy atom. The van der Waals surface area contributed by atoms with Crippen LogP contribution in [0.4, 0.5) is 4.79 Å². The average molecular weight is 277 g/mol. The summed E-state index contributed by atoms with van der Waals surface area (Å²) in [7, 11) is 1.77. The molecular weight excluding hydrogens is 250 g/mol. The molecule has 112 valence electrons. The maximum atomic E-state index is 12.0. The lowest BCUT2D eigenvalue weighted by Crippen LogP contribution is -2.34. The van der Waals surface area contributed by atoms with E-state index in [0.717, 1.165) is 0 Å². The molecule has 0 fully saturated rings. The van der Waals surface area contributed by atoms with E-state index in [-0.39, 0.29) is 6.09 Å². The van der Waals surface area contributed by atoms with E-state index in [9.17, 15) is 4.79 Å². The van der Waals surface area contributed by atoms with Crippen LogP contribution in [0.3, 0.4) is 0 Å². The molecule has 0 saturated heterocycles. The van der Waals surface area contributed by atoms with Crippen molar-refractivity contribution in [2.45, 2.75) is 59.6 Å². The highest BCUT2D eigenvalue weighted by atomic mass is 16.6. The fourth-order valence-corrected chi connectivity index (χ4v) is 1.88. The van der Waals surface area contributed by atoms with Crippen LogP contribution in [-0.4, -0.2) is 23.6 Å². The van der Waals surface area contributed by atoms with Gasteiger partial charge in [-0.25, -0.2) is 4.79 Å². The topological polar surface area (TPSA) is 29.5 Å². The smallest absolute Gasteiger partial charge is 0.410 e. The van der Waals surface area contributed by atoms with Gasteiger partial charge in [-0.1, -0.05) is 32.0 Å². The van der Waals surface area contributed by atoms with Gasteiger partial charge in [0.25, 0.3) is 0 Å². The van der Waals surface area contributed by atoms with Crippen molar-refractivity contribution in [2.24, 2.45) is 0 Å². The van der Waals surface area contributed by atoms with Gasteiger partial charge >= 0.3 is 6.09 Å². The summed E-state index contributed by atoms with van der Waals surface area (Å²) in [5, 5.41) is 0. The van der Waals surface area contributed by atoms with Gasteiger partial charge in [0, 0.05) is 13.6 Å². The number of carbonyl (C=O) groups is 1. The summed E-state index contributed by atoms with van der Waals surface area (Å²) in [6, 6.07) is 6.45. The zero-order valence-electron chi connectivity index (χ0n) is 13.8. The van der Waals surface area contributed by atoms with Crippen LogP contribution in [0, 0.1) is 6.92 Å². The van der Waals surface area contributed by atoms with E-state index in [1.54, 1.807) is 11.9 Å². The van der Waals surface area contributed by atoms with Crippen molar-refractivity contribution < 1.29 is 9.53 Å². The van der Waals surface area contributed by atoms with Gasteiger partial charge in [0.05, 0.1) is 0 Å². The standard InChI is InChI=1S/C17H27NO2/c1-12(2)14-9-8-13(3)15(10-14)11-18(7)16(19)20-17(4,5)6/h8-10,12H,11H2,1-7H3. The third kappa shape index (κ3) is 4.87. The molecule has 20 heavy (non-hydrogen) atoms. The van der Waals surface area contributed by atoms with Crippen molar-refractivity contribution in [3.8, 4) is 0 Å². The molecule has 0 bridgehead atoms. The highest BCUT2D eigenvalue weighted by Crippen LogP contribution is 2.20. The van der Waals surface area contributed by atoms with E-state index in [1.807, 2.05) is 20.8 Å². The molecule has 1 aromatic rings. The Morgan fingerprint density at radius 2 is 1.90 bits per heavy atom. The van der Waals surface area contributed by atoms with Gasteiger partial charge in [0.2, 0.25) is 0 Å². The van der Waals surface area contributed by atoms with Crippen LogP contribution in [0.1, 0.15) is 57.2 Å². The Kier molecular flexibility index (Phi) is 5.21. The Morgan fingerprint density at radius 3 is 2.40 bits per heavy atom. The first-order chi connectivity index (χ1) is 9.10. The van der Waals surface area contributed by atoms with Crippen molar-refractivity contribution in [2.75, 3.05) is 7.05 Å². The first-order valence-electron chi connectivity index (χ1n) is 7.13. The number of amides is 1. The van der Waals surface area contributed by atoms with Crippen molar-refractivity contribution in [1.29, 1.82) is 0 Å². The molecule has 0 heterocycles. The molecule has 0 atom stereocenters. The number of ether oxygens (including phenoxy) is 1. The van der Waals surface area contributed by atoms with Gasteiger partial charge in [-0.3, -0.25) is 0 Å². The third-order valence-electron chi connectivity index (χ3n) is 3.15. The number of aryl methyl sites for hydroxylation is 1. The summed E-state index contributed by atoms with van der Waals surface area (Å²) in [5.74, 6) is 0.487. The molecule has 0 unspecified atom stereocenters. The monoisotopic (exact) mass is 277 g/mol. The summed E-state index contributed by atoms with van der Waals surface area (Å²) in [4.78, 5) is 13.6. The molecule has 1 rings (SSSR count). The fraction of sp³-hybridized carbons (Fsp3) is 0.588. The fourth-order valence-electron chi connectivity index (χ4n) is 1.88. The zero-order chi connectivity index (χ0) is 15.5. The first kappa shape index (κ1) is 16.5. The van der Waals surface area contributed by atoms with Crippen molar-refractivity contribution >= 4 is 6.09 Å². The number of hydrogen-bond acceptors (Lipinski definition) is 2. The van der Waals surface area contributed by atoms with Gasteiger partial charge in [-0.15, -0.1) is 0 Å². The van der Waals surface area contributed by atoms with Crippen LogP contribution < -0.4 is 0 Å². The van der Waals surface area contributed by atoms with Crippen molar-refractivity contribution in [3.63, 3.8) is 0 Å². The van der Waals surface area contributed by atoms with E-state index in [2.05, 4.69) is 39.0 Å². The van der Waals surface area contributed by atoms with Gasteiger partial charge in [0.1, 0.15) is 5.60 Å². The van der Waals surface area contributed by atoms with Crippen LogP contribution >= 0.6 is 0 Å². The maximum Gasteiger partial charge on any atom is 0.410 e. The van der Waals surface area contributed by atoms with E-state index >= 15 is 0 Å². The quantitative estimate of drug-likeness (QED) is 0.815. The van der Waals surface area contributed by atoms with Gasteiger partial charge in [-0.2, -0.15) is 0 Å². The van der Waals surface area contributed by atoms with Crippen LogP contribution in [0.25, 0.3) is 0 Å². The Balaban J connectivity index is 2.82. The largest absolute Gasteiger partial charge is 0.444 e. The molecule has 0 N–H and O–H groups in total. The van der Waals surface area contributed by atoms with E-state index in [1.165, 1.54) is 16.7 Å². The third-order valence-corrected chi connectivity index (χ3v) is 3.15. The highest BCUT2D eigenvalue weighted by Gasteiger charge is 2.20. The first-order valence-corrected chi connectivity index (χ1v) is 7.13. The minimum absolute atomic E-state index is 0.285. The Hall–Kier alpha value is -1.51. The van der Waals surface area contributed by atoms with E-state index in [0.29, 0.717) is 12.5 Å². The molecule has 0 aliphatic rings. The van der Waals surface area contributed by atoms with E-state index in [4.69, 9.17) is 4.74 Å². The lowest BCUT2D eigenvalue weighted by Gasteiger charge is -2.25. The average Bonchev–Trinajstić information content (AvgIpc) is 2.29. The van der Waals surface area contributed by atoms with Crippen LogP contribution in [-0.2, 0) is 11.3 Å². The van der Waals surface area contributed by atoms with Crippen molar-refractivity contribution in [1.82, 2.24) is 4.90 Å². The predicted molar refractivity (Wildman–Crippen MR) is 83.0 cm³/mol. The minimum Gasteiger partial charge on any atom is -0.444 e. The molecule has 1 aromatic carbocycles. The molecule has 0 saturated carbocycles. The molecule has 0 spiro atoms. The highest BCUT2D eigenvalue weighted by molar-refractivity contribution is 5.67. The summed E-state index contributed by atoms with van der Waals surface area (Å²) in [6.07, 6.45) is -0.285. The molecule has 0 radical (unpaired) electrons. The van der Waals surface area contributed by atoms with Gasteiger partial charge in [0.15, 0.2) is 0 Å². The molecular formula is C17H27NO2. The summed E-state index contributed by atoms with van der Waals surface area (Å²) in [5.41, 5.74) is 3.21. The Labute approximate surface area is 122 Å². The number of benzene rings is 1. The van der Waals surface area contributed by atoms with Crippen LogP contribution in [0.5, 0.6) is 0 Å². The normalized spacial score (nSPS) is 11.6. The van der Waals surface area contributed by atoms with Gasteiger partial charge in [-0.05, 0) is 50.3 Å². The molecule has 0 aromatic heterocycles. The molecule has 3 heteroatoms.